The van der Waals surface area contributed by atoms with E-state index in [1.807, 2.05) is 13.1 Å². The Morgan fingerprint density at radius 1 is 1.41 bits per heavy atom. The fraction of sp³-hybridized carbons (Fsp3) is 0.500. The van der Waals surface area contributed by atoms with Crippen LogP contribution in [0.3, 0.4) is 0 Å². The van der Waals surface area contributed by atoms with Crippen LogP contribution < -0.4 is 0 Å². The average molecular weight is 234 g/mol. The van der Waals surface area contributed by atoms with E-state index in [0.29, 0.717) is 17.7 Å². The van der Waals surface area contributed by atoms with Gasteiger partial charge in [0, 0.05) is 17.6 Å². The maximum atomic E-state index is 13.7. The zero-order valence-electron chi connectivity index (χ0n) is 10.9. The first kappa shape index (κ1) is 13.7. The first-order valence-corrected chi connectivity index (χ1v) is 5.80. The lowest BCUT2D eigenvalue weighted by Crippen LogP contribution is -2.39. The van der Waals surface area contributed by atoms with E-state index in [-0.39, 0.29) is 11.4 Å². The smallest absolute Gasteiger partial charge is 0.129 e. The van der Waals surface area contributed by atoms with E-state index in [9.17, 15) is 4.39 Å². The molecule has 1 aromatic carbocycles. The van der Waals surface area contributed by atoms with E-state index in [1.165, 1.54) is 6.07 Å². The second-order valence-corrected chi connectivity index (χ2v) is 4.94. The Labute approximate surface area is 103 Å². The third-order valence-corrected chi connectivity index (χ3v) is 3.49. The number of hydrogen-bond acceptors (Lipinski definition) is 2. The van der Waals surface area contributed by atoms with Gasteiger partial charge in [0.2, 0.25) is 0 Å². The predicted molar refractivity (Wildman–Crippen MR) is 67.0 cm³/mol. The lowest BCUT2D eigenvalue weighted by atomic mass is 9.99. The van der Waals surface area contributed by atoms with Crippen LogP contribution >= 0.6 is 0 Å². The van der Waals surface area contributed by atoms with Gasteiger partial charge in [0.25, 0.3) is 0 Å². The SMILES string of the molecule is CCC(C)(C)N(C)Cc1ccc(C#N)cc1F. The molecule has 0 amide bonds. The van der Waals surface area contributed by atoms with Crippen molar-refractivity contribution in [2.24, 2.45) is 0 Å². The summed E-state index contributed by atoms with van der Waals surface area (Å²) in [6.45, 7) is 6.94. The lowest BCUT2D eigenvalue weighted by molar-refractivity contribution is 0.141. The van der Waals surface area contributed by atoms with Gasteiger partial charge in [0.1, 0.15) is 5.82 Å². The first-order valence-electron chi connectivity index (χ1n) is 5.80. The molecule has 0 aliphatic heterocycles. The number of rotatable bonds is 4. The highest BCUT2D eigenvalue weighted by molar-refractivity contribution is 5.32. The molecule has 0 saturated carbocycles. The van der Waals surface area contributed by atoms with Crippen molar-refractivity contribution in [1.82, 2.24) is 4.90 Å². The maximum Gasteiger partial charge on any atom is 0.129 e. The van der Waals surface area contributed by atoms with Crippen molar-refractivity contribution in [3.8, 4) is 6.07 Å². The first-order chi connectivity index (χ1) is 7.90. The molecule has 0 aromatic heterocycles. The molecule has 0 heterocycles. The minimum absolute atomic E-state index is 0.0420. The molecule has 0 aliphatic carbocycles. The topological polar surface area (TPSA) is 27.0 Å². The molecule has 3 heteroatoms. The van der Waals surface area contributed by atoms with Crippen molar-refractivity contribution in [3.05, 3.63) is 35.1 Å². The molecule has 2 nitrogen and oxygen atoms in total. The molecule has 0 saturated heterocycles. The number of nitriles is 1. The van der Waals surface area contributed by atoms with Crippen molar-refractivity contribution < 1.29 is 4.39 Å². The Kier molecular flexibility index (Phi) is 4.25. The molecule has 17 heavy (non-hydrogen) atoms. The molecule has 1 rings (SSSR count). The van der Waals surface area contributed by atoms with Gasteiger partial charge < -0.3 is 0 Å². The second kappa shape index (κ2) is 5.29. The van der Waals surface area contributed by atoms with Gasteiger partial charge in [-0.05, 0) is 39.4 Å². The minimum atomic E-state index is -0.303. The highest BCUT2D eigenvalue weighted by Gasteiger charge is 2.21. The van der Waals surface area contributed by atoms with Gasteiger partial charge in [-0.15, -0.1) is 0 Å². The summed E-state index contributed by atoms with van der Waals surface area (Å²) < 4.78 is 13.7. The zero-order chi connectivity index (χ0) is 13.1. The van der Waals surface area contributed by atoms with Crippen molar-refractivity contribution in [2.45, 2.75) is 39.3 Å². The van der Waals surface area contributed by atoms with Crippen LogP contribution in [0.5, 0.6) is 0 Å². The van der Waals surface area contributed by atoms with Crippen molar-refractivity contribution in [1.29, 1.82) is 5.26 Å². The zero-order valence-corrected chi connectivity index (χ0v) is 10.9. The van der Waals surface area contributed by atoms with Gasteiger partial charge in [-0.1, -0.05) is 13.0 Å². The largest absolute Gasteiger partial charge is 0.297 e. The Hall–Kier alpha value is -1.40. The molecule has 0 atom stereocenters. The molecule has 0 unspecified atom stereocenters. The Bertz CT molecular complexity index is 432. The third kappa shape index (κ3) is 3.28. The summed E-state index contributed by atoms with van der Waals surface area (Å²) in [6, 6.07) is 6.58. The molecule has 0 bridgehead atoms. The van der Waals surface area contributed by atoms with Gasteiger partial charge >= 0.3 is 0 Å². The minimum Gasteiger partial charge on any atom is -0.297 e. The third-order valence-electron chi connectivity index (χ3n) is 3.49. The van der Waals surface area contributed by atoms with E-state index in [4.69, 9.17) is 5.26 Å². The van der Waals surface area contributed by atoms with Crippen molar-refractivity contribution >= 4 is 0 Å². The predicted octanol–water partition coefficient (Wildman–Crippen LogP) is 3.32. The second-order valence-electron chi connectivity index (χ2n) is 4.94. The quantitative estimate of drug-likeness (QED) is 0.799. The number of halogens is 1. The number of hydrogen-bond donors (Lipinski definition) is 0. The highest BCUT2D eigenvalue weighted by Crippen LogP contribution is 2.20. The molecule has 0 fully saturated rings. The van der Waals surface area contributed by atoms with E-state index < -0.39 is 0 Å². The van der Waals surface area contributed by atoms with Gasteiger partial charge in [-0.2, -0.15) is 5.26 Å². The molecule has 0 radical (unpaired) electrons. The van der Waals surface area contributed by atoms with E-state index in [1.54, 1.807) is 12.1 Å². The summed E-state index contributed by atoms with van der Waals surface area (Å²) >= 11 is 0. The van der Waals surface area contributed by atoms with Crippen LogP contribution in [0.15, 0.2) is 18.2 Å². The molecular formula is C14H19FN2. The van der Waals surface area contributed by atoms with Crippen LogP contribution in [0.1, 0.15) is 38.3 Å². The lowest BCUT2D eigenvalue weighted by Gasteiger charge is -2.34. The standard InChI is InChI=1S/C14H19FN2/c1-5-14(2,3)17(4)10-12-7-6-11(9-16)8-13(12)15/h6-8H,5,10H2,1-4H3. The molecular weight excluding hydrogens is 215 g/mol. The fourth-order valence-corrected chi connectivity index (χ4v) is 1.48. The van der Waals surface area contributed by atoms with E-state index >= 15 is 0 Å². The Morgan fingerprint density at radius 2 is 2.06 bits per heavy atom. The maximum absolute atomic E-state index is 13.7. The van der Waals surface area contributed by atoms with Crippen LogP contribution in [0.4, 0.5) is 4.39 Å². The van der Waals surface area contributed by atoms with Gasteiger partial charge in [0.05, 0.1) is 11.6 Å². The summed E-state index contributed by atoms with van der Waals surface area (Å²) in [5, 5.41) is 8.68. The normalized spacial score (nSPS) is 11.6. The molecule has 0 spiro atoms. The van der Waals surface area contributed by atoms with Crippen molar-refractivity contribution in [3.63, 3.8) is 0 Å². The van der Waals surface area contributed by atoms with Gasteiger partial charge in [0.15, 0.2) is 0 Å². The van der Waals surface area contributed by atoms with Crippen LogP contribution in [-0.4, -0.2) is 17.5 Å². The monoisotopic (exact) mass is 234 g/mol. The molecule has 1 aromatic rings. The Balaban J connectivity index is 2.86. The van der Waals surface area contributed by atoms with Gasteiger partial charge in [-0.25, -0.2) is 4.39 Å². The van der Waals surface area contributed by atoms with E-state index in [2.05, 4.69) is 25.7 Å². The van der Waals surface area contributed by atoms with Crippen LogP contribution in [0.2, 0.25) is 0 Å². The summed E-state index contributed by atoms with van der Waals surface area (Å²) in [7, 11) is 1.99. The summed E-state index contributed by atoms with van der Waals surface area (Å²) in [5.74, 6) is -0.303. The van der Waals surface area contributed by atoms with E-state index in [0.717, 1.165) is 6.42 Å². The van der Waals surface area contributed by atoms with Crippen LogP contribution in [0.25, 0.3) is 0 Å². The molecule has 0 N–H and O–H groups in total. The highest BCUT2D eigenvalue weighted by atomic mass is 19.1. The summed E-state index contributed by atoms with van der Waals surface area (Å²) in [6.07, 6.45) is 1.00. The average Bonchev–Trinajstić information content (AvgIpc) is 2.31. The Morgan fingerprint density at radius 3 is 2.53 bits per heavy atom. The summed E-state index contributed by atoms with van der Waals surface area (Å²) in [5.41, 5.74) is 1.04. The summed E-state index contributed by atoms with van der Waals surface area (Å²) in [4.78, 5) is 2.12. The molecule has 92 valence electrons. The van der Waals surface area contributed by atoms with Crippen LogP contribution in [0, 0.1) is 17.1 Å². The molecule has 0 aliphatic rings. The van der Waals surface area contributed by atoms with Crippen LogP contribution in [-0.2, 0) is 6.54 Å². The van der Waals surface area contributed by atoms with Crippen molar-refractivity contribution in [2.75, 3.05) is 7.05 Å². The number of benzene rings is 1. The van der Waals surface area contributed by atoms with Gasteiger partial charge in [-0.3, -0.25) is 4.90 Å². The fourth-order valence-electron chi connectivity index (χ4n) is 1.48. The number of nitrogens with zero attached hydrogens (tertiary/aromatic N) is 2.